The highest BCUT2D eigenvalue weighted by Gasteiger charge is 2.32. The molecule has 2 aromatic rings. The number of hydrogen-bond donors (Lipinski definition) is 0. The third-order valence-corrected chi connectivity index (χ3v) is 3.72. The van der Waals surface area contributed by atoms with Gasteiger partial charge in [-0.05, 0) is 5.56 Å². The van der Waals surface area contributed by atoms with Crippen molar-refractivity contribution in [2.75, 3.05) is 0 Å². The highest BCUT2D eigenvalue weighted by molar-refractivity contribution is 9.06. The summed E-state index contributed by atoms with van der Waals surface area (Å²) in [6, 6.07) is 10.5. The van der Waals surface area contributed by atoms with E-state index in [-0.39, 0.29) is 12.2 Å². The molecule has 0 amide bonds. The van der Waals surface area contributed by atoms with E-state index in [2.05, 4.69) is 38.4 Å². The van der Waals surface area contributed by atoms with Gasteiger partial charge in [-0.15, -0.1) is 0 Å². The summed E-state index contributed by atoms with van der Waals surface area (Å²) in [5.41, 5.74) is 1.19. The van der Waals surface area contributed by atoms with Crippen LogP contribution in [0.4, 0.5) is 0 Å². The molecule has 3 rings (SSSR count). The maximum Gasteiger partial charge on any atom is 0.316 e. The van der Waals surface area contributed by atoms with E-state index >= 15 is 0 Å². The van der Waals surface area contributed by atoms with Gasteiger partial charge >= 0.3 is 6.01 Å². The predicted molar refractivity (Wildman–Crippen MR) is 80.3 cm³/mol. The molecule has 0 unspecified atom stereocenters. The Morgan fingerprint density at radius 1 is 1.05 bits per heavy atom. The number of ether oxygens (including phenoxy) is 2. The van der Waals surface area contributed by atoms with Crippen LogP contribution in [0.25, 0.3) is 0 Å². The molecule has 110 valence electrons. The summed E-state index contributed by atoms with van der Waals surface area (Å²) in [7, 11) is 0. The van der Waals surface area contributed by atoms with Gasteiger partial charge in [0.25, 0.3) is 0 Å². The summed E-state index contributed by atoms with van der Waals surface area (Å²) < 4.78 is 16.3. The van der Waals surface area contributed by atoms with Crippen molar-refractivity contribution in [3.8, 4) is 11.8 Å². The Balaban J connectivity index is 1.39. The molecule has 0 aliphatic heterocycles. The fourth-order valence-electron chi connectivity index (χ4n) is 2.09. The van der Waals surface area contributed by atoms with Gasteiger partial charge in [0.1, 0.15) is 6.10 Å². The zero-order chi connectivity index (χ0) is 14.5. The minimum absolute atomic E-state index is 0.126. The Hall–Kier alpha value is -1.66. The van der Waals surface area contributed by atoms with Gasteiger partial charge in [-0.2, -0.15) is 9.97 Å². The molecule has 21 heavy (non-hydrogen) atoms. The Bertz CT molecular complexity index is 559. The molecule has 1 aromatic heterocycles. The van der Waals surface area contributed by atoms with Crippen molar-refractivity contribution in [1.82, 2.24) is 9.97 Å². The monoisotopic (exact) mass is 350 g/mol. The second kappa shape index (κ2) is 6.87. The molecule has 1 aliphatic carbocycles. The van der Waals surface area contributed by atoms with Crippen molar-refractivity contribution >= 4 is 16.3 Å². The number of nitrogens with zero attached hydrogens (tertiary/aromatic N) is 2. The minimum Gasteiger partial charge on any atom is -0.460 e. The van der Waals surface area contributed by atoms with Crippen LogP contribution in [0.15, 0.2) is 42.7 Å². The first kappa shape index (κ1) is 14.3. The highest BCUT2D eigenvalue weighted by Crippen LogP contribution is 2.28. The second-order valence-electron chi connectivity index (χ2n) is 4.91. The molecular weight excluding hydrogens is 336 g/mol. The van der Waals surface area contributed by atoms with Gasteiger partial charge in [-0.25, -0.2) is 0 Å². The first-order chi connectivity index (χ1) is 10.3. The lowest BCUT2D eigenvalue weighted by Gasteiger charge is -2.34. The quantitative estimate of drug-likeness (QED) is 0.799. The molecule has 0 atom stereocenters. The van der Waals surface area contributed by atoms with Crippen LogP contribution in [0.5, 0.6) is 11.8 Å². The van der Waals surface area contributed by atoms with Crippen LogP contribution in [0, 0.1) is 0 Å². The van der Waals surface area contributed by atoms with E-state index in [1.54, 1.807) is 12.4 Å². The fraction of sp³-hybridized carbons (Fsp3) is 0.333. The van der Waals surface area contributed by atoms with Crippen molar-refractivity contribution in [2.24, 2.45) is 0 Å². The maximum absolute atomic E-state index is 5.82. The van der Waals surface area contributed by atoms with Crippen molar-refractivity contribution in [3.05, 3.63) is 48.3 Å². The average molecular weight is 351 g/mol. The van der Waals surface area contributed by atoms with Crippen LogP contribution in [0.3, 0.4) is 0 Å². The van der Waals surface area contributed by atoms with Gasteiger partial charge < -0.3 is 13.3 Å². The van der Waals surface area contributed by atoms with E-state index < -0.39 is 0 Å². The molecule has 0 saturated heterocycles. The van der Waals surface area contributed by atoms with E-state index in [4.69, 9.17) is 13.3 Å². The second-order valence-corrected chi connectivity index (χ2v) is 5.23. The Kier molecular flexibility index (Phi) is 4.67. The molecule has 1 fully saturated rings. The van der Waals surface area contributed by atoms with E-state index in [1.807, 2.05) is 18.2 Å². The lowest BCUT2D eigenvalue weighted by molar-refractivity contribution is -0.0707. The molecule has 1 aliphatic rings. The van der Waals surface area contributed by atoms with Crippen molar-refractivity contribution < 1.29 is 13.3 Å². The maximum atomic E-state index is 5.82. The van der Waals surface area contributed by atoms with Crippen LogP contribution >= 0.6 is 16.3 Å². The van der Waals surface area contributed by atoms with E-state index in [1.165, 1.54) is 5.56 Å². The van der Waals surface area contributed by atoms with Crippen LogP contribution in [-0.2, 0) is 11.3 Å². The molecule has 0 N–H and O–H groups in total. The molecule has 6 heteroatoms. The number of benzene rings is 1. The first-order valence-corrected chi connectivity index (χ1v) is 7.41. The lowest BCUT2D eigenvalue weighted by atomic mass is 9.92. The SMILES string of the molecule is BrOc1cnc(OC2CC(OCc3ccccc3)C2)nc1. The van der Waals surface area contributed by atoms with Crippen LogP contribution in [-0.4, -0.2) is 22.2 Å². The fourth-order valence-corrected chi connectivity index (χ4v) is 2.26. The Morgan fingerprint density at radius 3 is 2.43 bits per heavy atom. The van der Waals surface area contributed by atoms with Gasteiger partial charge in [0.2, 0.25) is 0 Å². The molecule has 1 heterocycles. The molecular formula is C15H15BrN2O3. The summed E-state index contributed by atoms with van der Waals surface area (Å²) in [5.74, 6) is 0.542. The summed E-state index contributed by atoms with van der Waals surface area (Å²) in [5, 5.41) is 0. The number of rotatable bonds is 6. The highest BCUT2D eigenvalue weighted by atomic mass is 79.9. The normalized spacial score (nSPS) is 20.6. The van der Waals surface area contributed by atoms with Gasteiger partial charge in [0.15, 0.2) is 22.0 Å². The van der Waals surface area contributed by atoms with Crippen LogP contribution in [0.1, 0.15) is 18.4 Å². The smallest absolute Gasteiger partial charge is 0.316 e. The summed E-state index contributed by atoms with van der Waals surface area (Å²) in [4.78, 5) is 8.12. The van der Waals surface area contributed by atoms with Crippen LogP contribution in [0.2, 0.25) is 0 Å². The first-order valence-electron chi connectivity index (χ1n) is 6.76. The third-order valence-electron chi connectivity index (χ3n) is 3.35. The Morgan fingerprint density at radius 2 is 1.76 bits per heavy atom. The van der Waals surface area contributed by atoms with E-state index in [9.17, 15) is 0 Å². The predicted octanol–water partition coefficient (Wildman–Crippen LogP) is 3.29. The van der Waals surface area contributed by atoms with E-state index in [0.29, 0.717) is 18.4 Å². The Labute approximate surface area is 131 Å². The zero-order valence-electron chi connectivity index (χ0n) is 11.3. The average Bonchev–Trinajstić information content (AvgIpc) is 2.51. The minimum atomic E-state index is 0.126. The molecule has 5 nitrogen and oxygen atoms in total. The van der Waals surface area contributed by atoms with Crippen molar-refractivity contribution in [2.45, 2.75) is 31.7 Å². The molecule has 0 radical (unpaired) electrons. The molecule has 1 saturated carbocycles. The third kappa shape index (κ3) is 3.92. The van der Waals surface area contributed by atoms with Crippen LogP contribution < -0.4 is 8.57 Å². The molecule has 0 spiro atoms. The number of hydrogen-bond acceptors (Lipinski definition) is 5. The standard InChI is InChI=1S/C15H15BrN2O3/c16-21-14-8-17-15(18-9-14)20-13-6-12(7-13)19-10-11-4-2-1-3-5-11/h1-5,8-9,12-13H,6-7,10H2. The largest absolute Gasteiger partial charge is 0.460 e. The lowest BCUT2D eigenvalue weighted by Crippen LogP contribution is -2.39. The van der Waals surface area contributed by atoms with Gasteiger partial charge in [-0.3, -0.25) is 0 Å². The topological polar surface area (TPSA) is 53.5 Å². The number of halogens is 1. The number of aromatic nitrogens is 2. The van der Waals surface area contributed by atoms with E-state index in [0.717, 1.165) is 12.8 Å². The van der Waals surface area contributed by atoms with Gasteiger partial charge in [0, 0.05) is 12.8 Å². The van der Waals surface area contributed by atoms with Crippen molar-refractivity contribution in [1.29, 1.82) is 0 Å². The summed E-state index contributed by atoms with van der Waals surface area (Å²) in [6.07, 6.45) is 5.22. The van der Waals surface area contributed by atoms with Crippen molar-refractivity contribution in [3.63, 3.8) is 0 Å². The summed E-state index contributed by atoms with van der Waals surface area (Å²) in [6.45, 7) is 0.645. The molecule has 0 bridgehead atoms. The van der Waals surface area contributed by atoms with Gasteiger partial charge in [-0.1, -0.05) is 30.3 Å². The zero-order valence-corrected chi connectivity index (χ0v) is 12.9. The molecule has 1 aromatic carbocycles. The summed E-state index contributed by atoms with van der Waals surface area (Å²) >= 11 is 2.86. The van der Waals surface area contributed by atoms with Gasteiger partial charge in [0.05, 0.1) is 25.1 Å².